The van der Waals surface area contributed by atoms with Crippen LogP contribution in [0.2, 0.25) is 5.02 Å². The third kappa shape index (κ3) is 5.12. The molecule has 0 bridgehead atoms. The highest BCUT2D eigenvalue weighted by Crippen LogP contribution is 2.47. The van der Waals surface area contributed by atoms with Gasteiger partial charge in [0, 0.05) is 5.56 Å². The minimum atomic E-state index is -4.62. The second kappa shape index (κ2) is 8.92. The molecule has 0 unspecified atom stereocenters. The molecule has 4 rings (SSSR count). The molecule has 3 aromatic rings. The van der Waals surface area contributed by atoms with Crippen LogP contribution in [-0.4, -0.2) is 17.3 Å². The van der Waals surface area contributed by atoms with E-state index >= 15 is 0 Å². The molecular formula is C26H22ClF4NO. The number of alkyl halides is 3. The van der Waals surface area contributed by atoms with Crippen LogP contribution in [-0.2, 0) is 16.8 Å². The zero-order chi connectivity index (χ0) is 23.8. The lowest BCUT2D eigenvalue weighted by Gasteiger charge is -2.45. The number of rotatable bonds is 6. The number of hydrogen-bond donors (Lipinski definition) is 0. The summed E-state index contributed by atoms with van der Waals surface area (Å²) in [5.41, 5.74) is 0.804. The van der Waals surface area contributed by atoms with Crippen LogP contribution in [0, 0.1) is 5.82 Å². The Morgan fingerprint density at radius 2 is 1.82 bits per heavy atom. The molecule has 1 saturated carbocycles. The van der Waals surface area contributed by atoms with Gasteiger partial charge in [-0.1, -0.05) is 55.4 Å². The van der Waals surface area contributed by atoms with Gasteiger partial charge in [-0.15, -0.1) is 0 Å². The second-order valence-electron chi connectivity index (χ2n) is 8.62. The van der Waals surface area contributed by atoms with Crippen LogP contribution in [0.5, 0.6) is 0 Å². The van der Waals surface area contributed by atoms with E-state index in [0.717, 1.165) is 5.56 Å². The van der Waals surface area contributed by atoms with Crippen molar-refractivity contribution in [1.29, 1.82) is 0 Å². The number of halogens is 5. The summed E-state index contributed by atoms with van der Waals surface area (Å²) in [7, 11) is 0. The lowest BCUT2D eigenvalue weighted by Crippen LogP contribution is -2.43. The fourth-order valence-electron chi connectivity index (χ4n) is 4.07. The molecule has 1 heterocycles. The summed E-state index contributed by atoms with van der Waals surface area (Å²) in [5.74, 6) is -0.610. The van der Waals surface area contributed by atoms with Gasteiger partial charge in [-0.2, -0.15) is 13.2 Å². The van der Waals surface area contributed by atoms with Gasteiger partial charge in [0.25, 0.3) is 0 Å². The first-order valence-electron chi connectivity index (χ1n) is 10.5. The molecule has 1 fully saturated rings. The maximum absolute atomic E-state index is 13.6. The van der Waals surface area contributed by atoms with Crippen molar-refractivity contribution in [3.63, 3.8) is 0 Å². The summed E-state index contributed by atoms with van der Waals surface area (Å²) >= 11 is 5.89. The van der Waals surface area contributed by atoms with Crippen molar-refractivity contribution in [1.82, 2.24) is 4.98 Å². The Balaban J connectivity index is 1.61. The summed E-state index contributed by atoms with van der Waals surface area (Å²) in [6, 6.07) is 16.9. The van der Waals surface area contributed by atoms with Crippen LogP contribution < -0.4 is 0 Å². The zero-order valence-electron chi connectivity index (χ0n) is 17.9. The first kappa shape index (κ1) is 23.5. The maximum Gasteiger partial charge on any atom is 0.417 e. The fourth-order valence-corrected chi connectivity index (χ4v) is 4.25. The van der Waals surface area contributed by atoms with Crippen molar-refractivity contribution in [3.05, 3.63) is 94.9 Å². The van der Waals surface area contributed by atoms with E-state index in [2.05, 4.69) is 11.6 Å². The molecule has 0 atom stereocenters. The largest absolute Gasteiger partial charge is 0.417 e. The predicted octanol–water partition coefficient (Wildman–Crippen LogP) is 7.75. The third-order valence-corrected chi connectivity index (χ3v) is 6.36. The summed E-state index contributed by atoms with van der Waals surface area (Å²) in [5, 5.41) is -0.125. The lowest BCUT2D eigenvalue weighted by atomic mass is 9.64. The van der Waals surface area contributed by atoms with Crippen molar-refractivity contribution in [3.8, 4) is 11.3 Å². The lowest BCUT2D eigenvalue weighted by molar-refractivity contribution is -0.0689. The van der Waals surface area contributed by atoms with Gasteiger partial charge in [-0.3, -0.25) is 0 Å². The van der Waals surface area contributed by atoms with Gasteiger partial charge in [-0.05, 0) is 59.7 Å². The van der Waals surface area contributed by atoms with Gasteiger partial charge in [0.2, 0.25) is 0 Å². The van der Waals surface area contributed by atoms with Gasteiger partial charge >= 0.3 is 6.18 Å². The molecule has 1 aliphatic rings. The van der Waals surface area contributed by atoms with E-state index < -0.39 is 17.6 Å². The molecule has 2 aromatic carbocycles. The van der Waals surface area contributed by atoms with Gasteiger partial charge in [-0.25, -0.2) is 9.37 Å². The second-order valence-corrected chi connectivity index (χ2v) is 9.03. The monoisotopic (exact) mass is 475 g/mol. The Bertz CT molecular complexity index is 1170. The van der Waals surface area contributed by atoms with Gasteiger partial charge in [0.15, 0.2) is 0 Å². The van der Waals surface area contributed by atoms with E-state index in [9.17, 15) is 17.6 Å². The van der Waals surface area contributed by atoms with E-state index in [1.807, 2.05) is 37.3 Å². The van der Waals surface area contributed by atoms with E-state index in [1.54, 1.807) is 6.07 Å². The molecule has 2 nitrogen and oxygen atoms in total. The molecule has 0 amide bonds. The van der Waals surface area contributed by atoms with E-state index in [-0.39, 0.29) is 27.9 Å². The Labute approximate surface area is 194 Å². The van der Waals surface area contributed by atoms with E-state index in [1.165, 1.54) is 24.3 Å². The van der Waals surface area contributed by atoms with Crippen LogP contribution >= 0.6 is 11.6 Å². The van der Waals surface area contributed by atoms with Crippen molar-refractivity contribution in [2.75, 3.05) is 0 Å². The topological polar surface area (TPSA) is 22.1 Å². The number of pyridine rings is 1. The van der Waals surface area contributed by atoms with Crippen molar-refractivity contribution < 1.29 is 22.3 Å². The Morgan fingerprint density at radius 3 is 2.45 bits per heavy atom. The molecule has 172 valence electrons. The Kier molecular flexibility index (Phi) is 6.34. The third-order valence-electron chi connectivity index (χ3n) is 6.07. The highest BCUT2D eigenvalue weighted by molar-refractivity contribution is 6.31. The molecule has 0 N–H and O–H groups in total. The van der Waals surface area contributed by atoms with Crippen molar-refractivity contribution >= 4 is 17.2 Å². The maximum atomic E-state index is 13.6. The predicted molar refractivity (Wildman–Crippen MR) is 121 cm³/mol. The van der Waals surface area contributed by atoms with Gasteiger partial charge in [0.1, 0.15) is 5.82 Å². The number of nitrogens with zero attached hydrogens (tertiary/aromatic N) is 1. The minimum absolute atomic E-state index is 0.00125. The van der Waals surface area contributed by atoms with Crippen LogP contribution in [0.15, 0.2) is 67.2 Å². The summed E-state index contributed by atoms with van der Waals surface area (Å²) in [6.07, 6.45) is -3.30. The SMILES string of the molecule is C=C(c1cc(C2(C)CC(OCc3ccccc3)C2)cc(-c2ccc(F)c(Cl)c2)n1)C(F)(F)F. The molecule has 7 heteroatoms. The Morgan fingerprint density at radius 1 is 1.12 bits per heavy atom. The first-order valence-corrected chi connectivity index (χ1v) is 10.8. The van der Waals surface area contributed by atoms with E-state index in [4.69, 9.17) is 16.3 Å². The highest BCUT2D eigenvalue weighted by atomic mass is 35.5. The molecule has 1 aromatic heterocycles. The average molecular weight is 476 g/mol. The summed E-state index contributed by atoms with van der Waals surface area (Å²) in [4.78, 5) is 4.18. The standard InChI is InChI=1S/C26H22ClF4NO/c1-16(26(29,30)31)23-11-19(12-24(32-23)18-8-9-22(28)21(27)10-18)25(2)13-20(14-25)33-15-17-6-4-3-5-7-17/h3-12,20H,1,13-15H2,2H3. The smallest absolute Gasteiger partial charge is 0.373 e. The minimum Gasteiger partial charge on any atom is -0.373 e. The fraction of sp³-hybridized carbons (Fsp3) is 0.269. The van der Waals surface area contributed by atoms with Crippen LogP contribution in [0.25, 0.3) is 16.8 Å². The van der Waals surface area contributed by atoms with Crippen LogP contribution in [0.4, 0.5) is 17.6 Å². The number of hydrogen-bond acceptors (Lipinski definition) is 2. The summed E-state index contributed by atoms with van der Waals surface area (Å²) < 4.78 is 59.8. The average Bonchev–Trinajstić information content (AvgIpc) is 2.77. The molecule has 0 radical (unpaired) electrons. The molecule has 1 aliphatic carbocycles. The molecular weight excluding hydrogens is 454 g/mol. The molecule has 0 spiro atoms. The van der Waals surface area contributed by atoms with Gasteiger partial charge in [0.05, 0.1) is 34.7 Å². The van der Waals surface area contributed by atoms with Crippen molar-refractivity contribution in [2.24, 2.45) is 0 Å². The van der Waals surface area contributed by atoms with Crippen molar-refractivity contribution in [2.45, 2.75) is 44.1 Å². The number of allylic oxidation sites excluding steroid dienone is 1. The number of ether oxygens (including phenoxy) is 1. The van der Waals surface area contributed by atoms with Crippen LogP contribution in [0.1, 0.15) is 36.6 Å². The zero-order valence-corrected chi connectivity index (χ0v) is 18.7. The van der Waals surface area contributed by atoms with Crippen LogP contribution in [0.3, 0.4) is 0 Å². The normalized spacial score (nSPS) is 20.4. The molecule has 33 heavy (non-hydrogen) atoms. The number of aromatic nitrogens is 1. The molecule has 0 saturated heterocycles. The van der Waals surface area contributed by atoms with E-state index in [0.29, 0.717) is 30.6 Å². The first-order chi connectivity index (χ1) is 15.5. The van der Waals surface area contributed by atoms with Gasteiger partial charge < -0.3 is 4.74 Å². The quantitative estimate of drug-likeness (QED) is 0.340. The highest BCUT2D eigenvalue weighted by Gasteiger charge is 2.43. The Hall–Kier alpha value is -2.70. The number of benzene rings is 2. The summed E-state index contributed by atoms with van der Waals surface area (Å²) in [6.45, 7) is 5.68. The molecule has 0 aliphatic heterocycles.